The maximum atomic E-state index is 14.1. The highest BCUT2D eigenvalue weighted by atomic mass is 19.1. The van der Waals surface area contributed by atoms with Crippen LogP contribution >= 0.6 is 0 Å². The topological polar surface area (TPSA) is 26.3 Å². The summed E-state index contributed by atoms with van der Waals surface area (Å²) < 4.78 is 20.1. The highest BCUT2D eigenvalue weighted by Crippen LogP contribution is 2.45. The zero-order valence-corrected chi connectivity index (χ0v) is 14.5. The molecule has 0 radical (unpaired) electrons. The van der Waals surface area contributed by atoms with E-state index in [1.807, 2.05) is 0 Å². The molecule has 0 saturated heterocycles. The Balaban J connectivity index is 1.70. The van der Waals surface area contributed by atoms with Gasteiger partial charge in [0.15, 0.2) is 5.78 Å². The van der Waals surface area contributed by atoms with Gasteiger partial charge in [-0.15, -0.1) is 0 Å². The molecule has 3 rings (SSSR count). The molecule has 2 nitrogen and oxygen atoms in total. The van der Waals surface area contributed by atoms with Crippen LogP contribution in [0.5, 0.6) is 5.75 Å². The number of carbonyl (C=O) groups excluding carboxylic acids is 1. The zero-order valence-electron chi connectivity index (χ0n) is 14.5. The van der Waals surface area contributed by atoms with Crippen molar-refractivity contribution in [2.45, 2.75) is 65.2 Å². The molecule has 0 bridgehead atoms. The molecule has 23 heavy (non-hydrogen) atoms. The van der Waals surface area contributed by atoms with Gasteiger partial charge in [-0.05, 0) is 74.3 Å². The van der Waals surface area contributed by atoms with Gasteiger partial charge in [0.05, 0.1) is 12.2 Å². The summed E-state index contributed by atoms with van der Waals surface area (Å²) in [5, 5.41) is 0. The van der Waals surface area contributed by atoms with Crippen LogP contribution < -0.4 is 4.74 Å². The Labute approximate surface area is 138 Å². The maximum absolute atomic E-state index is 14.1. The minimum atomic E-state index is -0.457. The third kappa shape index (κ3) is 3.94. The second kappa shape index (κ2) is 6.26. The second-order valence-electron chi connectivity index (χ2n) is 8.12. The van der Waals surface area contributed by atoms with Gasteiger partial charge >= 0.3 is 0 Å². The summed E-state index contributed by atoms with van der Waals surface area (Å²) in [7, 11) is 0. The highest BCUT2D eigenvalue weighted by molar-refractivity contribution is 5.94. The molecule has 2 aliphatic rings. The van der Waals surface area contributed by atoms with Gasteiger partial charge < -0.3 is 4.74 Å². The lowest BCUT2D eigenvalue weighted by atomic mass is 9.73. The number of hydrogen-bond acceptors (Lipinski definition) is 2. The van der Waals surface area contributed by atoms with E-state index in [4.69, 9.17) is 4.74 Å². The number of ether oxygens (including phenoxy) is 1. The minimum absolute atomic E-state index is 0.193. The lowest BCUT2D eigenvalue weighted by Crippen LogP contribution is -2.25. The summed E-state index contributed by atoms with van der Waals surface area (Å²) in [6.45, 7) is 6.73. The Hall–Kier alpha value is -1.38. The number of carbonyl (C=O) groups is 1. The van der Waals surface area contributed by atoms with Gasteiger partial charge in [0, 0.05) is 6.07 Å². The molecule has 1 aromatic rings. The van der Waals surface area contributed by atoms with Crippen LogP contribution in [0.3, 0.4) is 0 Å². The first-order valence-electron chi connectivity index (χ1n) is 8.83. The van der Waals surface area contributed by atoms with Crippen molar-refractivity contribution in [1.82, 2.24) is 0 Å². The van der Waals surface area contributed by atoms with E-state index >= 15 is 0 Å². The monoisotopic (exact) mass is 318 g/mol. The maximum Gasteiger partial charge on any atom is 0.162 e. The highest BCUT2D eigenvalue weighted by Gasteiger charge is 2.30. The van der Waals surface area contributed by atoms with Crippen LogP contribution in [0.15, 0.2) is 12.1 Å². The first-order valence-corrected chi connectivity index (χ1v) is 8.83. The third-order valence-corrected chi connectivity index (χ3v) is 5.43. The van der Waals surface area contributed by atoms with Crippen LogP contribution in [0.4, 0.5) is 4.39 Å². The standard InChI is InChI=1S/C20H27FO2/c1-13(22)16-10-17(15-4-5-15)19(11-18(16)21)23-12-14-6-8-20(2,3)9-7-14/h10-11,14-15H,4-9,12H2,1-3H3. The van der Waals surface area contributed by atoms with Crippen LogP contribution in [0.1, 0.15) is 81.1 Å². The number of halogens is 1. The zero-order chi connectivity index (χ0) is 16.6. The predicted octanol–water partition coefficient (Wildman–Crippen LogP) is 5.50. The summed E-state index contributed by atoms with van der Waals surface area (Å²) in [5.74, 6) is 0.978. The summed E-state index contributed by atoms with van der Waals surface area (Å²) in [6.07, 6.45) is 7.04. The van der Waals surface area contributed by atoms with Gasteiger partial charge in [0.25, 0.3) is 0 Å². The van der Waals surface area contributed by atoms with E-state index < -0.39 is 5.82 Å². The first kappa shape index (κ1) is 16.5. The number of benzene rings is 1. The number of hydrogen-bond donors (Lipinski definition) is 0. The van der Waals surface area contributed by atoms with Crippen LogP contribution in [0, 0.1) is 17.2 Å². The molecule has 2 saturated carbocycles. The largest absolute Gasteiger partial charge is 0.493 e. The van der Waals surface area contributed by atoms with Gasteiger partial charge in [0.1, 0.15) is 11.6 Å². The predicted molar refractivity (Wildman–Crippen MR) is 89.6 cm³/mol. The molecule has 0 atom stereocenters. The second-order valence-corrected chi connectivity index (χ2v) is 8.12. The molecule has 0 unspecified atom stereocenters. The normalized spacial score (nSPS) is 21.2. The number of Topliss-reactive ketones (excluding diaryl/α,β-unsaturated/α-hetero) is 1. The van der Waals surface area contributed by atoms with Crippen molar-refractivity contribution in [1.29, 1.82) is 0 Å². The molecule has 2 fully saturated rings. The van der Waals surface area contributed by atoms with E-state index in [0.29, 0.717) is 29.6 Å². The molecule has 0 spiro atoms. The van der Waals surface area contributed by atoms with E-state index in [9.17, 15) is 9.18 Å². The van der Waals surface area contributed by atoms with E-state index in [2.05, 4.69) is 13.8 Å². The summed E-state index contributed by atoms with van der Waals surface area (Å²) >= 11 is 0. The lowest BCUT2D eigenvalue weighted by Gasteiger charge is -2.34. The fourth-order valence-corrected chi connectivity index (χ4v) is 3.51. The molecular weight excluding hydrogens is 291 g/mol. The van der Waals surface area contributed by atoms with Gasteiger partial charge in [-0.2, -0.15) is 0 Å². The van der Waals surface area contributed by atoms with Crippen molar-refractivity contribution in [3.63, 3.8) is 0 Å². The Morgan fingerprint density at radius 2 is 1.87 bits per heavy atom. The van der Waals surface area contributed by atoms with Crippen molar-refractivity contribution in [3.8, 4) is 5.75 Å². The quantitative estimate of drug-likeness (QED) is 0.670. The molecule has 2 aliphatic carbocycles. The van der Waals surface area contributed by atoms with Gasteiger partial charge in [0.2, 0.25) is 0 Å². The van der Waals surface area contributed by atoms with Crippen molar-refractivity contribution < 1.29 is 13.9 Å². The van der Waals surface area contributed by atoms with Crippen LogP contribution in [0.2, 0.25) is 0 Å². The molecule has 0 heterocycles. The fraction of sp³-hybridized carbons (Fsp3) is 0.650. The van der Waals surface area contributed by atoms with Crippen molar-refractivity contribution in [2.75, 3.05) is 6.61 Å². The average molecular weight is 318 g/mol. The first-order chi connectivity index (χ1) is 10.9. The number of ketones is 1. The fourth-order valence-electron chi connectivity index (χ4n) is 3.51. The Morgan fingerprint density at radius 3 is 2.43 bits per heavy atom. The van der Waals surface area contributed by atoms with Crippen LogP contribution in [-0.2, 0) is 0 Å². The van der Waals surface area contributed by atoms with E-state index in [-0.39, 0.29) is 11.3 Å². The van der Waals surface area contributed by atoms with Gasteiger partial charge in [-0.1, -0.05) is 13.8 Å². The Morgan fingerprint density at radius 1 is 1.22 bits per heavy atom. The van der Waals surface area contributed by atoms with Crippen molar-refractivity contribution >= 4 is 5.78 Å². The van der Waals surface area contributed by atoms with Gasteiger partial charge in [-0.25, -0.2) is 4.39 Å². The molecule has 0 aliphatic heterocycles. The third-order valence-electron chi connectivity index (χ3n) is 5.43. The smallest absolute Gasteiger partial charge is 0.162 e. The Bertz CT molecular complexity index is 592. The minimum Gasteiger partial charge on any atom is -0.493 e. The molecule has 0 aromatic heterocycles. The average Bonchev–Trinajstić information content (AvgIpc) is 3.30. The van der Waals surface area contributed by atoms with Gasteiger partial charge in [-0.3, -0.25) is 4.79 Å². The molecule has 0 amide bonds. The SMILES string of the molecule is CC(=O)c1cc(C2CC2)c(OCC2CCC(C)(C)CC2)cc1F. The molecular formula is C20H27FO2. The molecule has 1 aromatic carbocycles. The summed E-state index contributed by atoms with van der Waals surface area (Å²) in [4.78, 5) is 11.6. The van der Waals surface area contributed by atoms with E-state index in [1.165, 1.54) is 38.7 Å². The van der Waals surface area contributed by atoms with Crippen LogP contribution in [-0.4, -0.2) is 12.4 Å². The molecule has 3 heteroatoms. The Kier molecular flexibility index (Phi) is 4.48. The van der Waals surface area contributed by atoms with Crippen LogP contribution in [0.25, 0.3) is 0 Å². The summed E-state index contributed by atoms with van der Waals surface area (Å²) in [6, 6.07) is 3.14. The lowest BCUT2D eigenvalue weighted by molar-refractivity contribution is 0.101. The molecule has 0 N–H and O–H groups in total. The van der Waals surface area contributed by atoms with E-state index in [0.717, 1.165) is 18.4 Å². The van der Waals surface area contributed by atoms with E-state index in [1.54, 1.807) is 6.07 Å². The van der Waals surface area contributed by atoms with Crippen molar-refractivity contribution in [2.24, 2.45) is 11.3 Å². The molecule has 126 valence electrons. The summed E-state index contributed by atoms with van der Waals surface area (Å²) in [5.41, 5.74) is 1.66. The number of rotatable bonds is 5. The van der Waals surface area contributed by atoms with Crippen molar-refractivity contribution in [3.05, 3.63) is 29.1 Å².